The van der Waals surface area contributed by atoms with Crippen LogP contribution in [0, 0.1) is 82.9 Å². The highest BCUT2D eigenvalue weighted by molar-refractivity contribution is 6.22. The summed E-state index contributed by atoms with van der Waals surface area (Å²) >= 11 is 0. The second-order valence-electron chi connectivity index (χ2n) is 21.8. The van der Waals surface area contributed by atoms with Gasteiger partial charge in [0.05, 0.1) is 43.6 Å². The minimum Gasteiger partial charge on any atom is -0.499 e. The molecule has 0 radical (unpaired) electrons. The van der Waals surface area contributed by atoms with Crippen molar-refractivity contribution in [1.82, 2.24) is 0 Å². The summed E-state index contributed by atoms with van der Waals surface area (Å²) in [5, 5.41) is 2.76. The molecule has 4 aromatic rings. The van der Waals surface area contributed by atoms with Gasteiger partial charge in [-0.15, -0.1) is 0 Å². The molecule has 1 N–H and O–H groups in total. The molecule has 0 spiro atoms. The highest BCUT2D eigenvalue weighted by Crippen LogP contribution is 2.62. The van der Waals surface area contributed by atoms with Crippen LogP contribution in [0.5, 0.6) is 11.5 Å². The first-order valence-corrected chi connectivity index (χ1v) is 26.7. The van der Waals surface area contributed by atoms with Crippen LogP contribution in [-0.2, 0) is 33.4 Å². The number of nitrogens with zero attached hydrogens (tertiary/aromatic N) is 1. The zero-order valence-corrected chi connectivity index (χ0v) is 44.1. The molecule has 1 heterocycles. The third-order valence-corrected chi connectivity index (χ3v) is 17.5. The predicted octanol–water partition coefficient (Wildman–Crippen LogP) is 12.4. The van der Waals surface area contributed by atoms with Gasteiger partial charge in [-0.25, -0.2) is 4.79 Å². The van der Waals surface area contributed by atoms with E-state index >= 15 is 0 Å². The maximum atomic E-state index is 13.2. The zero-order valence-electron chi connectivity index (χ0n) is 44.1. The van der Waals surface area contributed by atoms with Crippen molar-refractivity contribution >= 4 is 53.2 Å². The van der Waals surface area contributed by atoms with Crippen molar-refractivity contribution < 1.29 is 42.9 Å². The molecular weight excluding hydrogens is 929 g/mol. The number of fused-ring (bicyclic) bond motifs is 4. The Bertz CT molecular complexity index is 2660. The normalized spacial score (nSPS) is 28.4. The molecule has 11 nitrogen and oxygen atoms in total. The molecule has 4 saturated carbocycles. The highest BCUT2D eigenvalue weighted by atomic mass is 16.5. The molecule has 5 aliphatic rings. The number of allylic oxidation sites excluding steroid dienone is 1. The quantitative estimate of drug-likeness (QED) is 0.0339. The molecule has 5 fully saturated rings. The number of imide groups is 1. The summed E-state index contributed by atoms with van der Waals surface area (Å²) in [5.74, 6) is 5.88. The lowest BCUT2D eigenvalue weighted by Crippen LogP contribution is -2.35. The van der Waals surface area contributed by atoms with Gasteiger partial charge in [-0.1, -0.05) is 102 Å². The Balaban J connectivity index is 0.000000199. The Kier molecular flexibility index (Phi) is 17.4. The van der Waals surface area contributed by atoms with E-state index in [0.29, 0.717) is 29.6 Å². The third kappa shape index (κ3) is 12.4. The number of para-hydroxylation sites is 1. The lowest BCUT2D eigenvalue weighted by molar-refractivity contribution is -0.142. The van der Waals surface area contributed by atoms with Crippen LogP contribution >= 0.6 is 0 Å². The van der Waals surface area contributed by atoms with Crippen LogP contribution in [0.1, 0.15) is 84.8 Å². The summed E-state index contributed by atoms with van der Waals surface area (Å²) < 4.78 is 22.2. The van der Waals surface area contributed by atoms with Gasteiger partial charge < -0.3 is 24.3 Å². The smallest absolute Gasteiger partial charge is 0.330 e. The van der Waals surface area contributed by atoms with E-state index in [2.05, 4.69) is 25.7 Å². The molecule has 0 aromatic heterocycles. The average Bonchev–Trinajstić information content (AvgIpc) is 4.21. The number of ether oxygens (including phenoxy) is 4. The fraction of sp³-hybridized carbons (Fsp3) is 0.444. The Morgan fingerprint density at radius 1 is 0.689 bits per heavy atom. The van der Waals surface area contributed by atoms with Crippen molar-refractivity contribution in [2.75, 3.05) is 30.5 Å². The van der Waals surface area contributed by atoms with Crippen molar-refractivity contribution in [3.63, 3.8) is 0 Å². The van der Waals surface area contributed by atoms with Crippen LogP contribution in [0.2, 0.25) is 0 Å². The standard InChI is InChI=1S/C32H32N2O6.C31H42O3/c1-20(29-22(3)30(36)34(31(29)37)25-8-6-5-7-9-25)21(2)32(38)40-27-17-13-24(14-18-27)33-28(35)19-12-23-10-15-26(39-4)16-11-23;1-19(2)33-17-25-13-24-15-27(25)21(4)28(24)16-29-20(3)23-12-26(30(29)14-23)18-34-31(32)11-10-22-8-6-5-7-9-22/h5-22,29H,1-4H3,(H,33,35);5-11,20-21,23-30H,1,12-18H2,2-4H3/b19-12+;11-10+. The first-order chi connectivity index (χ1) is 35.6. The van der Waals surface area contributed by atoms with Gasteiger partial charge in [0, 0.05) is 23.8 Å². The Morgan fingerprint density at radius 3 is 1.93 bits per heavy atom. The van der Waals surface area contributed by atoms with Crippen molar-refractivity contribution in [2.24, 2.45) is 82.9 Å². The van der Waals surface area contributed by atoms with Crippen LogP contribution in [0.25, 0.3) is 12.2 Å². The van der Waals surface area contributed by atoms with Gasteiger partial charge in [0.2, 0.25) is 17.7 Å². The minimum absolute atomic E-state index is 0.207. The molecule has 3 amide bonds. The Labute approximate surface area is 437 Å². The fourth-order valence-corrected chi connectivity index (χ4v) is 13.3. The van der Waals surface area contributed by atoms with Crippen molar-refractivity contribution in [3.8, 4) is 11.5 Å². The number of carbonyl (C=O) groups excluding carboxylic acids is 5. The molecule has 1 aliphatic heterocycles. The topological polar surface area (TPSA) is 138 Å². The van der Waals surface area contributed by atoms with Gasteiger partial charge in [0.1, 0.15) is 11.5 Å². The van der Waals surface area contributed by atoms with E-state index in [9.17, 15) is 24.0 Å². The fourth-order valence-electron chi connectivity index (χ4n) is 13.3. The molecule has 11 heteroatoms. The summed E-state index contributed by atoms with van der Waals surface area (Å²) in [7, 11) is 1.59. The van der Waals surface area contributed by atoms with Crippen LogP contribution in [0.4, 0.5) is 11.4 Å². The monoisotopic (exact) mass is 1000 g/mol. The van der Waals surface area contributed by atoms with Crippen molar-refractivity contribution in [2.45, 2.75) is 73.6 Å². The van der Waals surface area contributed by atoms with E-state index in [1.807, 2.05) is 73.7 Å². The summed E-state index contributed by atoms with van der Waals surface area (Å²) in [5.41, 5.74) is 2.95. The molecule has 4 aromatic carbocycles. The number of benzene rings is 4. The maximum Gasteiger partial charge on any atom is 0.330 e. The number of hydrogen-bond donors (Lipinski definition) is 1. The number of rotatable bonds is 18. The van der Waals surface area contributed by atoms with E-state index in [0.717, 1.165) is 82.5 Å². The molecule has 4 aliphatic carbocycles. The van der Waals surface area contributed by atoms with Crippen molar-refractivity contribution in [3.05, 3.63) is 145 Å². The number of carbonyl (C=O) groups is 5. The molecule has 390 valence electrons. The first-order valence-electron chi connectivity index (χ1n) is 26.7. The van der Waals surface area contributed by atoms with E-state index in [1.165, 1.54) is 43.1 Å². The van der Waals surface area contributed by atoms with Gasteiger partial charge in [-0.2, -0.15) is 0 Å². The third-order valence-electron chi connectivity index (χ3n) is 17.5. The van der Waals surface area contributed by atoms with Gasteiger partial charge in [-0.3, -0.25) is 24.1 Å². The summed E-state index contributed by atoms with van der Waals surface area (Å²) in [6.45, 7) is 17.6. The number of hydrogen-bond acceptors (Lipinski definition) is 9. The molecule has 1 saturated heterocycles. The van der Waals surface area contributed by atoms with E-state index in [-0.39, 0.29) is 23.7 Å². The number of nitrogens with one attached hydrogen (secondary N) is 1. The summed E-state index contributed by atoms with van der Waals surface area (Å²) in [6, 6.07) is 32.5. The van der Waals surface area contributed by atoms with Gasteiger partial charge >= 0.3 is 11.9 Å². The number of amides is 3. The highest BCUT2D eigenvalue weighted by Gasteiger charge is 2.56. The summed E-state index contributed by atoms with van der Waals surface area (Å²) in [4.78, 5) is 64.9. The Hall–Kier alpha value is -6.75. The SMILES string of the molecule is C=C(C)OCC1CC2CC1C(C)C2CC1C(C)C2CC(COC(=O)/C=C/c3ccccc3)C1C2.COc1ccc(/C=C/C(=O)Nc2ccc(OC(=O)C(C)C(C)C3C(=O)N(c4ccccc4)C(=O)C3C)cc2)cc1. The van der Waals surface area contributed by atoms with Crippen LogP contribution in [-0.4, -0.2) is 50.0 Å². The van der Waals surface area contributed by atoms with E-state index in [1.54, 1.807) is 88.6 Å². The largest absolute Gasteiger partial charge is 0.499 e. The molecule has 14 unspecified atom stereocenters. The number of methoxy groups -OCH3 is 1. The second kappa shape index (κ2) is 24.1. The van der Waals surface area contributed by atoms with Gasteiger partial charge in [0.25, 0.3) is 0 Å². The van der Waals surface area contributed by atoms with E-state index < -0.39 is 29.6 Å². The molecule has 74 heavy (non-hydrogen) atoms. The number of esters is 2. The van der Waals surface area contributed by atoms with Crippen LogP contribution in [0.15, 0.2) is 134 Å². The Morgan fingerprint density at radius 2 is 1.28 bits per heavy atom. The molecule has 14 atom stereocenters. The van der Waals surface area contributed by atoms with Gasteiger partial charge in [-0.05, 0) is 176 Å². The van der Waals surface area contributed by atoms with Gasteiger partial charge in [0.15, 0.2) is 0 Å². The molecule has 4 bridgehead atoms. The predicted molar refractivity (Wildman–Crippen MR) is 289 cm³/mol. The average molecular weight is 1000 g/mol. The van der Waals surface area contributed by atoms with E-state index in [4.69, 9.17) is 18.9 Å². The lowest BCUT2D eigenvalue weighted by Gasteiger charge is -2.40. The second-order valence-corrected chi connectivity index (χ2v) is 21.8. The zero-order chi connectivity index (χ0) is 52.6. The lowest BCUT2D eigenvalue weighted by atomic mass is 9.66. The first kappa shape index (κ1) is 53.5. The number of anilines is 2. The molecule has 9 rings (SSSR count). The molecular formula is C63H74N2O9. The van der Waals surface area contributed by atoms with Crippen LogP contribution in [0.3, 0.4) is 0 Å². The maximum absolute atomic E-state index is 13.2. The van der Waals surface area contributed by atoms with Crippen molar-refractivity contribution in [1.29, 1.82) is 0 Å². The minimum atomic E-state index is -0.640. The van der Waals surface area contributed by atoms with Crippen LogP contribution < -0.4 is 19.7 Å². The summed E-state index contributed by atoms with van der Waals surface area (Å²) in [6.07, 6.45) is 13.3.